The number of nitrogens with zero attached hydrogens (tertiary/aromatic N) is 1. The Kier molecular flexibility index (Phi) is 4.58. The number of ether oxygens (including phenoxy) is 2. The van der Waals surface area contributed by atoms with Gasteiger partial charge in [-0.1, -0.05) is 30.3 Å². The maximum Gasteiger partial charge on any atom is 0.167 e. The quantitative estimate of drug-likeness (QED) is 0.489. The summed E-state index contributed by atoms with van der Waals surface area (Å²) in [4.78, 5) is 4.36. The molecule has 0 unspecified atom stereocenters. The lowest BCUT2D eigenvalue weighted by Crippen LogP contribution is -1.96. The molecule has 4 nitrogen and oxygen atoms in total. The minimum Gasteiger partial charge on any atom is -0.489 e. The second-order valence-electron chi connectivity index (χ2n) is 6.05. The second-order valence-corrected chi connectivity index (χ2v) is 6.05. The number of fused-ring (bicyclic) bond motifs is 1. The molecule has 1 aromatic heterocycles. The van der Waals surface area contributed by atoms with Gasteiger partial charge in [0.25, 0.3) is 0 Å². The van der Waals surface area contributed by atoms with Crippen LogP contribution in [0, 0.1) is 5.82 Å². The molecule has 27 heavy (non-hydrogen) atoms. The normalized spacial score (nSPS) is 10.7. The van der Waals surface area contributed by atoms with Gasteiger partial charge in [-0.25, -0.2) is 4.39 Å². The van der Waals surface area contributed by atoms with E-state index < -0.39 is 5.82 Å². The zero-order valence-corrected chi connectivity index (χ0v) is 14.4. The summed E-state index contributed by atoms with van der Waals surface area (Å²) < 4.78 is 25.6. The average molecular weight is 360 g/mol. The molecule has 0 aliphatic carbocycles. The van der Waals surface area contributed by atoms with E-state index in [-0.39, 0.29) is 5.75 Å². The molecule has 0 amide bonds. The average Bonchev–Trinajstić information content (AvgIpc) is 2.69. The monoisotopic (exact) mass is 360 g/mol. The van der Waals surface area contributed by atoms with E-state index in [9.17, 15) is 4.39 Å². The van der Waals surface area contributed by atoms with E-state index in [2.05, 4.69) is 4.98 Å². The van der Waals surface area contributed by atoms with Gasteiger partial charge in [0.15, 0.2) is 11.6 Å². The lowest BCUT2D eigenvalue weighted by molar-refractivity contribution is 0.306. The van der Waals surface area contributed by atoms with Crippen LogP contribution in [0.15, 0.2) is 79.0 Å². The topological polar surface area (TPSA) is 57.4 Å². The van der Waals surface area contributed by atoms with E-state index in [1.165, 1.54) is 12.1 Å². The molecular weight excluding hydrogens is 343 g/mol. The van der Waals surface area contributed by atoms with E-state index in [0.29, 0.717) is 29.3 Å². The summed E-state index contributed by atoms with van der Waals surface area (Å²) in [5, 5.41) is 0.765. The van der Waals surface area contributed by atoms with Gasteiger partial charge in [0, 0.05) is 29.4 Å². The minimum atomic E-state index is -0.511. The third-order valence-electron chi connectivity index (χ3n) is 4.10. The van der Waals surface area contributed by atoms with Gasteiger partial charge < -0.3 is 15.2 Å². The summed E-state index contributed by atoms with van der Waals surface area (Å²) in [5.74, 6) is 0.817. The Labute approximate surface area is 156 Å². The second kappa shape index (κ2) is 7.33. The van der Waals surface area contributed by atoms with Crippen molar-refractivity contribution in [3.63, 3.8) is 0 Å². The molecule has 0 radical (unpaired) electrons. The van der Waals surface area contributed by atoms with Gasteiger partial charge in [-0.2, -0.15) is 0 Å². The van der Waals surface area contributed by atoms with E-state index in [1.54, 1.807) is 18.3 Å². The van der Waals surface area contributed by atoms with E-state index >= 15 is 0 Å². The van der Waals surface area contributed by atoms with Crippen molar-refractivity contribution in [3.05, 3.63) is 90.4 Å². The van der Waals surface area contributed by atoms with E-state index in [1.807, 2.05) is 48.5 Å². The summed E-state index contributed by atoms with van der Waals surface area (Å²) in [6, 6.07) is 21.5. The van der Waals surface area contributed by atoms with Crippen LogP contribution in [0.4, 0.5) is 10.1 Å². The van der Waals surface area contributed by atoms with E-state index in [4.69, 9.17) is 15.2 Å². The zero-order valence-electron chi connectivity index (χ0n) is 14.4. The Bertz CT molecular complexity index is 1080. The van der Waals surface area contributed by atoms with Gasteiger partial charge in [0.2, 0.25) is 0 Å². The third-order valence-corrected chi connectivity index (χ3v) is 4.10. The molecule has 0 aliphatic heterocycles. The zero-order chi connectivity index (χ0) is 18.6. The first-order chi connectivity index (χ1) is 13.2. The molecule has 0 bridgehead atoms. The molecule has 0 aliphatic rings. The predicted molar refractivity (Wildman–Crippen MR) is 103 cm³/mol. The molecule has 0 spiro atoms. The summed E-state index contributed by atoms with van der Waals surface area (Å²) in [6.45, 7) is 0.471. The number of halogens is 1. The Morgan fingerprint density at radius 2 is 1.74 bits per heavy atom. The van der Waals surface area contributed by atoms with Gasteiger partial charge in [0.1, 0.15) is 18.1 Å². The van der Waals surface area contributed by atoms with Crippen LogP contribution in [0.2, 0.25) is 0 Å². The van der Waals surface area contributed by atoms with Crippen LogP contribution in [-0.2, 0) is 6.61 Å². The molecule has 1 heterocycles. The maximum atomic E-state index is 14.0. The highest BCUT2D eigenvalue weighted by molar-refractivity contribution is 5.86. The lowest BCUT2D eigenvalue weighted by Gasteiger charge is -2.11. The molecule has 134 valence electrons. The first-order valence-corrected chi connectivity index (χ1v) is 8.47. The molecule has 3 aromatic carbocycles. The number of rotatable bonds is 5. The highest BCUT2D eigenvalue weighted by atomic mass is 19.1. The van der Waals surface area contributed by atoms with Crippen LogP contribution < -0.4 is 15.2 Å². The molecule has 2 N–H and O–H groups in total. The van der Waals surface area contributed by atoms with E-state index in [0.717, 1.165) is 10.9 Å². The SMILES string of the molecule is Nc1ccc(Oc2ccnc3cc(OCc4ccccc4)ccc23)c(F)c1. The highest BCUT2D eigenvalue weighted by Gasteiger charge is 2.09. The Morgan fingerprint density at radius 3 is 2.56 bits per heavy atom. The number of benzene rings is 3. The summed E-state index contributed by atoms with van der Waals surface area (Å²) >= 11 is 0. The van der Waals surface area contributed by atoms with Crippen molar-refractivity contribution in [2.24, 2.45) is 0 Å². The summed E-state index contributed by atoms with van der Waals surface area (Å²) in [6.07, 6.45) is 1.62. The van der Waals surface area contributed by atoms with Gasteiger partial charge in [-0.15, -0.1) is 0 Å². The first kappa shape index (κ1) is 16.8. The molecule has 0 saturated carbocycles. The third kappa shape index (κ3) is 3.82. The molecular formula is C22H17FN2O2. The van der Waals surface area contributed by atoms with Gasteiger partial charge in [-0.3, -0.25) is 4.98 Å². The largest absolute Gasteiger partial charge is 0.489 e. The van der Waals surface area contributed by atoms with Crippen molar-refractivity contribution in [1.82, 2.24) is 4.98 Å². The fourth-order valence-electron chi connectivity index (χ4n) is 2.74. The number of nitrogen functional groups attached to an aromatic ring is 1. The Balaban J connectivity index is 1.58. The van der Waals surface area contributed by atoms with Crippen molar-refractivity contribution >= 4 is 16.6 Å². The van der Waals surface area contributed by atoms with Gasteiger partial charge in [0.05, 0.1) is 5.52 Å². The Morgan fingerprint density at radius 1 is 0.889 bits per heavy atom. The van der Waals surface area contributed by atoms with Crippen LogP contribution in [0.1, 0.15) is 5.56 Å². The van der Waals surface area contributed by atoms with Crippen molar-refractivity contribution in [1.29, 1.82) is 0 Å². The summed E-state index contributed by atoms with van der Waals surface area (Å²) in [7, 11) is 0. The minimum absolute atomic E-state index is 0.112. The smallest absolute Gasteiger partial charge is 0.167 e. The molecule has 0 atom stereocenters. The number of aromatic nitrogens is 1. The van der Waals surface area contributed by atoms with Crippen LogP contribution in [0.5, 0.6) is 17.2 Å². The number of nitrogens with two attached hydrogens (primary N) is 1. The van der Waals surface area contributed by atoms with Crippen LogP contribution in [0.3, 0.4) is 0 Å². The maximum absolute atomic E-state index is 14.0. The number of anilines is 1. The Hall–Kier alpha value is -3.60. The highest BCUT2D eigenvalue weighted by Crippen LogP contribution is 2.32. The number of hydrogen-bond acceptors (Lipinski definition) is 4. The van der Waals surface area contributed by atoms with Crippen molar-refractivity contribution < 1.29 is 13.9 Å². The van der Waals surface area contributed by atoms with Crippen molar-refractivity contribution in [2.75, 3.05) is 5.73 Å². The fourth-order valence-corrected chi connectivity index (χ4v) is 2.74. The van der Waals surface area contributed by atoms with Crippen LogP contribution in [0.25, 0.3) is 10.9 Å². The van der Waals surface area contributed by atoms with Gasteiger partial charge >= 0.3 is 0 Å². The molecule has 0 fully saturated rings. The van der Waals surface area contributed by atoms with Crippen LogP contribution >= 0.6 is 0 Å². The molecule has 0 saturated heterocycles. The fraction of sp³-hybridized carbons (Fsp3) is 0.0455. The summed E-state index contributed by atoms with van der Waals surface area (Å²) in [5.41, 5.74) is 7.71. The molecule has 4 rings (SSSR count). The van der Waals surface area contributed by atoms with Crippen molar-refractivity contribution in [2.45, 2.75) is 6.61 Å². The standard InChI is InChI=1S/C22H17FN2O2/c23-19-12-16(24)6-9-22(19)27-21-10-11-25-20-13-17(7-8-18(20)21)26-14-15-4-2-1-3-5-15/h1-13H,14,24H2. The first-order valence-electron chi connectivity index (χ1n) is 8.47. The predicted octanol–water partition coefficient (Wildman–Crippen LogP) is 5.33. The molecule has 4 aromatic rings. The van der Waals surface area contributed by atoms with Gasteiger partial charge in [-0.05, 0) is 35.9 Å². The van der Waals surface area contributed by atoms with Crippen molar-refractivity contribution in [3.8, 4) is 17.2 Å². The molecule has 5 heteroatoms. The number of pyridine rings is 1. The lowest BCUT2D eigenvalue weighted by atomic mass is 10.2. The number of hydrogen-bond donors (Lipinski definition) is 1. The van der Waals surface area contributed by atoms with Crippen LogP contribution in [-0.4, -0.2) is 4.98 Å².